The molecule has 0 amide bonds. The van der Waals surface area contributed by atoms with Gasteiger partial charge in [0.05, 0.1) is 23.7 Å². The molecule has 1 aromatic heterocycles. The number of halogens is 3. The van der Waals surface area contributed by atoms with Crippen LogP contribution in [0.3, 0.4) is 0 Å². The first kappa shape index (κ1) is 24.5. The first-order chi connectivity index (χ1) is 15.1. The van der Waals surface area contributed by atoms with Crippen molar-refractivity contribution in [3.63, 3.8) is 0 Å². The van der Waals surface area contributed by atoms with Crippen molar-refractivity contribution < 1.29 is 24.1 Å². The van der Waals surface area contributed by atoms with Crippen LogP contribution in [-0.2, 0) is 6.42 Å². The van der Waals surface area contributed by atoms with Gasteiger partial charge in [0.1, 0.15) is 21.2 Å². The van der Waals surface area contributed by atoms with E-state index in [1.165, 1.54) is 25.4 Å². The fourth-order valence-corrected chi connectivity index (χ4v) is 5.18. The van der Waals surface area contributed by atoms with E-state index in [1.807, 2.05) is 36.4 Å². The van der Waals surface area contributed by atoms with E-state index < -0.39 is 32.9 Å². The number of methoxy groups -OCH3 is 1. The van der Waals surface area contributed by atoms with E-state index in [1.54, 1.807) is 22.8 Å². The molecule has 2 N–H and O–H groups in total. The number of carboxylic acid groups (broad SMARTS) is 1. The number of aromatic nitrogens is 1. The lowest BCUT2D eigenvalue weighted by Crippen LogP contribution is -2.28. The molecular weight excluding hydrogens is 552 g/mol. The topological polar surface area (TPSA) is 88.8 Å². The number of hydrogen-bond acceptors (Lipinski definition) is 4. The van der Waals surface area contributed by atoms with Crippen molar-refractivity contribution in [3.05, 3.63) is 74.3 Å². The minimum Gasteiger partial charge on any atom is -0.496 e. The molecule has 0 radical (unpaired) electrons. The first-order valence-corrected chi connectivity index (χ1v) is 11.4. The van der Waals surface area contributed by atoms with Crippen LogP contribution in [0.1, 0.15) is 41.4 Å². The molecule has 0 saturated heterocycles. The number of hydrogen-bond donors (Lipinski definition) is 2. The molecule has 0 bridgehead atoms. The summed E-state index contributed by atoms with van der Waals surface area (Å²) < 4.78 is 20.8. The van der Waals surface area contributed by atoms with Crippen molar-refractivity contribution in [2.24, 2.45) is 5.92 Å². The van der Waals surface area contributed by atoms with Crippen LogP contribution in [0.4, 0.5) is 4.39 Å². The second-order valence-electron chi connectivity index (χ2n) is 7.76. The van der Waals surface area contributed by atoms with Gasteiger partial charge in [-0.25, -0.2) is 9.18 Å². The Balaban J connectivity index is 2.34. The van der Waals surface area contributed by atoms with Gasteiger partial charge in [-0.1, -0.05) is 37.6 Å². The molecule has 32 heavy (non-hydrogen) atoms. The average molecular weight is 574 g/mol. The Bertz CT molecular complexity index is 1230. The number of alkyl halides is 1. The third-order valence-corrected chi connectivity index (χ3v) is 6.39. The Morgan fingerprint density at radius 2 is 1.97 bits per heavy atom. The molecule has 3 rings (SSSR count). The third kappa shape index (κ3) is 4.62. The van der Waals surface area contributed by atoms with Crippen LogP contribution in [0.2, 0.25) is 5.02 Å². The smallest absolute Gasteiger partial charge is 0.341 e. The number of fused-ring (bicyclic) bond motifs is 1. The molecule has 170 valence electrons. The largest absolute Gasteiger partial charge is 0.496 e. The van der Waals surface area contributed by atoms with E-state index in [9.17, 15) is 24.2 Å². The molecule has 0 aliphatic heterocycles. The Hall–Kier alpha value is -2.17. The maximum atomic E-state index is 14.5. The fraction of sp³-hybridized carbons (Fsp3) is 0.304. The summed E-state index contributed by atoms with van der Waals surface area (Å²) in [7, 11) is 1.46. The maximum Gasteiger partial charge on any atom is 0.341 e. The van der Waals surface area contributed by atoms with E-state index in [-0.39, 0.29) is 22.7 Å². The predicted molar refractivity (Wildman–Crippen MR) is 130 cm³/mol. The number of nitrogens with zero attached hydrogens (tertiary/aromatic N) is 1. The summed E-state index contributed by atoms with van der Waals surface area (Å²) in [4.78, 5) is 24.8. The normalized spacial score (nSPS) is 13.4. The highest BCUT2D eigenvalue weighted by atomic mass is 127. The lowest BCUT2D eigenvalue weighted by Gasteiger charge is -2.28. The average Bonchev–Trinajstić information content (AvgIpc) is 2.72. The van der Waals surface area contributed by atoms with Crippen molar-refractivity contribution in [2.75, 3.05) is 7.11 Å². The molecule has 6 nitrogen and oxygen atoms in total. The summed E-state index contributed by atoms with van der Waals surface area (Å²) in [5, 5.41) is 20.1. The number of rotatable bonds is 7. The molecule has 0 fully saturated rings. The molecule has 9 heteroatoms. The van der Waals surface area contributed by atoms with Gasteiger partial charge < -0.3 is 19.5 Å². The monoisotopic (exact) mass is 573 g/mol. The van der Waals surface area contributed by atoms with E-state index in [0.29, 0.717) is 22.4 Å². The second-order valence-corrected chi connectivity index (χ2v) is 9.45. The van der Waals surface area contributed by atoms with Crippen LogP contribution in [0.25, 0.3) is 10.9 Å². The van der Waals surface area contributed by atoms with E-state index in [2.05, 4.69) is 0 Å². The van der Waals surface area contributed by atoms with Crippen LogP contribution in [0.15, 0.2) is 41.3 Å². The van der Waals surface area contributed by atoms with E-state index in [0.717, 1.165) is 0 Å². The van der Waals surface area contributed by atoms with Gasteiger partial charge in [0.15, 0.2) is 0 Å². The van der Waals surface area contributed by atoms with Crippen molar-refractivity contribution in [2.45, 2.75) is 30.4 Å². The van der Waals surface area contributed by atoms with Gasteiger partial charge in [-0.05, 0) is 51.8 Å². The fourth-order valence-electron chi connectivity index (χ4n) is 3.81. The lowest BCUT2D eigenvalue weighted by atomic mass is 9.98. The van der Waals surface area contributed by atoms with Crippen LogP contribution in [-0.4, -0.2) is 32.0 Å². The molecule has 3 aromatic rings. The molecule has 0 spiro atoms. The SMILES string of the molecule is COc1cc2c(cc1Cc1cccc(Cl)c1F)c(=O)c(C(=O)O)cn2[C@@H](C(C)C)C(O)I. The Morgan fingerprint density at radius 3 is 2.53 bits per heavy atom. The minimum atomic E-state index is -1.37. The number of aliphatic hydroxyl groups excluding tert-OH is 1. The number of benzene rings is 2. The van der Waals surface area contributed by atoms with Gasteiger partial charge in [0.25, 0.3) is 0 Å². The molecule has 2 atom stereocenters. The Labute approximate surface area is 202 Å². The highest BCUT2D eigenvalue weighted by Gasteiger charge is 2.27. The van der Waals surface area contributed by atoms with Gasteiger partial charge >= 0.3 is 5.97 Å². The zero-order chi connectivity index (χ0) is 23.7. The number of carboxylic acids is 1. The Morgan fingerprint density at radius 1 is 1.28 bits per heavy atom. The number of aliphatic hydroxyl groups is 1. The second kappa shape index (κ2) is 9.76. The molecule has 1 heterocycles. The highest BCUT2D eigenvalue weighted by Crippen LogP contribution is 2.33. The third-order valence-electron chi connectivity index (χ3n) is 5.36. The molecule has 0 aliphatic carbocycles. The van der Waals surface area contributed by atoms with Gasteiger partial charge in [0.2, 0.25) is 5.43 Å². The van der Waals surface area contributed by atoms with Crippen LogP contribution < -0.4 is 10.2 Å². The summed E-state index contributed by atoms with van der Waals surface area (Å²) in [6, 6.07) is 7.29. The number of carbonyl (C=O) groups is 1. The first-order valence-electron chi connectivity index (χ1n) is 9.80. The van der Waals surface area contributed by atoms with Crippen molar-refractivity contribution >= 4 is 51.1 Å². The Kier molecular flexibility index (Phi) is 7.46. The quantitative estimate of drug-likeness (QED) is 0.305. The highest BCUT2D eigenvalue weighted by molar-refractivity contribution is 14.1. The molecule has 0 saturated carbocycles. The zero-order valence-electron chi connectivity index (χ0n) is 17.6. The number of ether oxygens (including phenoxy) is 1. The zero-order valence-corrected chi connectivity index (χ0v) is 20.5. The molecule has 0 aliphatic rings. The van der Waals surface area contributed by atoms with Crippen molar-refractivity contribution in [1.82, 2.24) is 4.57 Å². The summed E-state index contributed by atoms with van der Waals surface area (Å²) in [6.45, 7) is 3.79. The van der Waals surface area contributed by atoms with Gasteiger partial charge in [-0.2, -0.15) is 0 Å². The molecular formula is C23H22ClFINO5. The van der Waals surface area contributed by atoms with E-state index in [4.69, 9.17) is 16.3 Å². The maximum absolute atomic E-state index is 14.5. The number of aromatic carboxylic acids is 1. The summed E-state index contributed by atoms with van der Waals surface area (Å²) >= 11 is 7.76. The minimum absolute atomic E-state index is 0.0198. The summed E-state index contributed by atoms with van der Waals surface area (Å²) in [6.07, 6.45) is 1.35. The van der Waals surface area contributed by atoms with E-state index >= 15 is 0 Å². The summed E-state index contributed by atoms with van der Waals surface area (Å²) in [5.74, 6) is -1.60. The molecule has 1 unspecified atom stereocenters. The predicted octanol–water partition coefficient (Wildman–Crippen LogP) is 5.04. The van der Waals surface area contributed by atoms with Crippen molar-refractivity contribution in [3.8, 4) is 5.75 Å². The number of pyridine rings is 1. The molecule has 2 aromatic carbocycles. The van der Waals surface area contributed by atoms with Gasteiger partial charge in [-0.15, -0.1) is 0 Å². The van der Waals surface area contributed by atoms with Gasteiger partial charge in [0, 0.05) is 24.1 Å². The lowest BCUT2D eigenvalue weighted by molar-refractivity contribution is 0.0693. The van der Waals surface area contributed by atoms with Crippen LogP contribution >= 0.6 is 34.2 Å². The van der Waals surface area contributed by atoms with Crippen LogP contribution in [0, 0.1) is 11.7 Å². The van der Waals surface area contributed by atoms with Gasteiger partial charge in [-0.3, -0.25) is 4.79 Å². The van der Waals surface area contributed by atoms with Crippen molar-refractivity contribution in [1.29, 1.82) is 0 Å². The van der Waals surface area contributed by atoms with Crippen LogP contribution in [0.5, 0.6) is 5.75 Å². The summed E-state index contributed by atoms with van der Waals surface area (Å²) in [5.41, 5.74) is 0.160. The standard InChI is InChI=1S/C23H22ClFINO5/c1-11(2)20(22(26)29)27-10-15(23(30)31)21(28)14-8-13(18(32-3)9-17(14)27)7-12-5-4-6-16(24)19(12)25/h4-6,8-11,20,22,29H,7H2,1-3H3,(H,30,31)/t20-,22?/m0/s1.